The van der Waals surface area contributed by atoms with E-state index >= 15 is 0 Å². The average molecular weight is 338 g/mol. The largest absolute Gasteiger partial charge is 0.384 e. The summed E-state index contributed by atoms with van der Waals surface area (Å²) in [6.45, 7) is 3.82. The van der Waals surface area contributed by atoms with E-state index in [1.807, 2.05) is 18.2 Å². The smallest absolute Gasteiger partial charge is 0.126 e. The Bertz CT molecular complexity index is 566. The van der Waals surface area contributed by atoms with Crippen molar-refractivity contribution in [2.24, 2.45) is 5.73 Å². The number of rotatable bonds is 5. The third kappa shape index (κ3) is 3.16. The van der Waals surface area contributed by atoms with Gasteiger partial charge in [-0.05, 0) is 46.4 Å². The lowest BCUT2D eigenvalue weighted by atomic mass is 10.1. The van der Waals surface area contributed by atoms with Gasteiger partial charge in [0.25, 0.3) is 0 Å². The van der Waals surface area contributed by atoms with E-state index in [0.717, 1.165) is 28.8 Å². The summed E-state index contributed by atoms with van der Waals surface area (Å²) in [7, 11) is 0. The van der Waals surface area contributed by atoms with Crippen molar-refractivity contribution in [3.8, 4) is 0 Å². The fourth-order valence-electron chi connectivity index (χ4n) is 2.00. The SMILES string of the molecule is CCN(Cc1cccs1)c1cccc(Br)c1C(=N)N. The summed E-state index contributed by atoms with van der Waals surface area (Å²) in [6.07, 6.45) is 0. The van der Waals surface area contributed by atoms with E-state index in [9.17, 15) is 0 Å². The molecule has 19 heavy (non-hydrogen) atoms. The predicted octanol–water partition coefficient (Wildman–Crippen LogP) is 3.82. The summed E-state index contributed by atoms with van der Waals surface area (Å²) in [4.78, 5) is 3.53. The van der Waals surface area contributed by atoms with Gasteiger partial charge in [-0.1, -0.05) is 12.1 Å². The number of anilines is 1. The molecule has 3 nitrogen and oxygen atoms in total. The second-order valence-electron chi connectivity index (χ2n) is 4.14. The van der Waals surface area contributed by atoms with Crippen LogP contribution in [0.15, 0.2) is 40.2 Å². The van der Waals surface area contributed by atoms with Crippen LogP contribution in [-0.4, -0.2) is 12.4 Å². The molecule has 0 unspecified atom stereocenters. The van der Waals surface area contributed by atoms with Crippen LogP contribution in [0.3, 0.4) is 0 Å². The van der Waals surface area contributed by atoms with Crippen molar-refractivity contribution in [2.45, 2.75) is 13.5 Å². The van der Waals surface area contributed by atoms with Gasteiger partial charge in [0.05, 0.1) is 12.1 Å². The molecule has 0 aliphatic rings. The first-order valence-corrected chi connectivity index (χ1v) is 7.71. The molecule has 5 heteroatoms. The van der Waals surface area contributed by atoms with Crippen LogP contribution >= 0.6 is 27.3 Å². The van der Waals surface area contributed by atoms with Gasteiger partial charge in [0.1, 0.15) is 5.84 Å². The van der Waals surface area contributed by atoms with Crippen LogP contribution < -0.4 is 10.6 Å². The number of amidine groups is 1. The zero-order chi connectivity index (χ0) is 13.8. The molecule has 2 aromatic rings. The molecule has 0 saturated carbocycles. The van der Waals surface area contributed by atoms with Crippen LogP contribution in [0.2, 0.25) is 0 Å². The third-order valence-electron chi connectivity index (χ3n) is 2.91. The average Bonchev–Trinajstić information content (AvgIpc) is 2.88. The molecule has 0 spiro atoms. The van der Waals surface area contributed by atoms with Gasteiger partial charge >= 0.3 is 0 Å². The number of hydrogen-bond donors (Lipinski definition) is 2. The maximum absolute atomic E-state index is 7.76. The first kappa shape index (κ1) is 14.1. The highest BCUT2D eigenvalue weighted by molar-refractivity contribution is 9.10. The van der Waals surface area contributed by atoms with E-state index in [0.29, 0.717) is 0 Å². The minimum absolute atomic E-state index is 0.0899. The van der Waals surface area contributed by atoms with Crippen LogP contribution in [0.25, 0.3) is 0 Å². The first-order chi connectivity index (χ1) is 9.13. The van der Waals surface area contributed by atoms with Crippen molar-refractivity contribution in [3.05, 3.63) is 50.6 Å². The van der Waals surface area contributed by atoms with E-state index < -0.39 is 0 Å². The highest BCUT2D eigenvalue weighted by Crippen LogP contribution is 2.29. The normalized spacial score (nSPS) is 10.4. The van der Waals surface area contributed by atoms with Crippen molar-refractivity contribution >= 4 is 38.8 Å². The third-order valence-corrected chi connectivity index (χ3v) is 4.43. The van der Waals surface area contributed by atoms with E-state index in [2.05, 4.69) is 45.3 Å². The molecule has 0 aliphatic heterocycles. The Morgan fingerprint density at radius 2 is 2.16 bits per heavy atom. The van der Waals surface area contributed by atoms with Crippen molar-refractivity contribution in [2.75, 3.05) is 11.4 Å². The van der Waals surface area contributed by atoms with Crippen molar-refractivity contribution < 1.29 is 0 Å². The van der Waals surface area contributed by atoms with Crippen molar-refractivity contribution in [1.82, 2.24) is 0 Å². The zero-order valence-electron chi connectivity index (χ0n) is 10.7. The monoisotopic (exact) mass is 337 g/mol. The van der Waals surface area contributed by atoms with Crippen molar-refractivity contribution in [3.63, 3.8) is 0 Å². The minimum Gasteiger partial charge on any atom is -0.384 e. The summed E-state index contributed by atoms with van der Waals surface area (Å²) in [5, 5.41) is 9.84. The lowest BCUT2D eigenvalue weighted by molar-refractivity contribution is 0.840. The number of halogens is 1. The molecule has 0 aliphatic carbocycles. The van der Waals surface area contributed by atoms with Gasteiger partial charge in [-0.3, -0.25) is 5.41 Å². The molecule has 0 amide bonds. The Labute approximate surface area is 125 Å². The summed E-state index contributed by atoms with van der Waals surface area (Å²) in [6, 6.07) is 10.1. The predicted molar refractivity (Wildman–Crippen MR) is 86.2 cm³/mol. The molecule has 1 aromatic carbocycles. The van der Waals surface area contributed by atoms with Gasteiger partial charge in [-0.2, -0.15) is 0 Å². The molecule has 1 aromatic heterocycles. The van der Waals surface area contributed by atoms with E-state index in [1.54, 1.807) is 11.3 Å². The van der Waals surface area contributed by atoms with Crippen LogP contribution in [0.5, 0.6) is 0 Å². The number of nitrogen functional groups attached to an aromatic ring is 1. The van der Waals surface area contributed by atoms with Gasteiger partial charge in [0, 0.05) is 21.6 Å². The van der Waals surface area contributed by atoms with Gasteiger partial charge < -0.3 is 10.6 Å². The quantitative estimate of drug-likeness (QED) is 0.643. The highest BCUT2D eigenvalue weighted by atomic mass is 79.9. The standard InChI is InChI=1S/C14H16BrN3S/c1-2-18(9-10-5-4-8-19-10)12-7-3-6-11(15)13(12)14(16)17/h3-8H,2,9H2,1H3,(H3,16,17). The summed E-state index contributed by atoms with van der Waals surface area (Å²) in [5.74, 6) is 0.0899. The number of nitrogens with one attached hydrogen (secondary N) is 1. The molecule has 0 fully saturated rings. The van der Waals surface area contributed by atoms with Crippen LogP contribution in [-0.2, 0) is 6.54 Å². The molecule has 0 bridgehead atoms. The second kappa shape index (κ2) is 6.21. The molecular formula is C14H16BrN3S. The fourth-order valence-corrected chi connectivity index (χ4v) is 3.29. The molecule has 2 rings (SSSR count). The Hall–Kier alpha value is -1.33. The number of benzene rings is 1. The fraction of sp³-hybridized carbons (Fsp3) is 0.214. The van der Waals surface area contributed by atoms with Gasteiger partial charge in [0.2, 0.25) is 0 Å². The Kier molecular flexibility index (Phi) is 4.61. The van der Waals surface area contributed by atoms with Gasteiger partial charge in [-0.25, -0.2) is 0 Å². The van der Waals surface area contributed by atoms with Crippen LogP contribution in [0, 0.1) is 5.41 Å². The molecule has 3 N–H and O–H groups in total. The number of nitrogens with zero attached hydrogens (tertiary/aromatic N) is 1. The Morgan fingerprint density at radius 1 is 1.37 bits per heavy atom. The maximum Gasteiger partial charge on any atom is 0.126 e. The summed E-state index contributed by atoms with van der Waals surface area (Å²) in [5.41, 5.74) is 7.47. The zero-order valence-corrected chi connectivity index (χ0v) is 13.1. The topological polar surface area (TPSA) is 53.1 Å². The molecule has 100 valence electrons. The van der Waals surface area contributed by atoms with Gasteiger partial charge in [0.15, 0.2) is 0 Å². The van der Waals surface area contributed by atoms with E-state index in [-0.39, 0.29) is 5.84 Å². The molecule has 0 saturated heterocycles. The van der Waals surface area contributed by atoms with Crippen molar-refractivity contribution in [1.29, 1.82) is 5.41 Å². The summed E-state index contributed by atoms with van der Waals surface area (Å²) >= 11 is 5.22. The Morgan fingerprint density at radius 3 is 2.74 bits per heavy atom. The number of hydrogen-bond acceptors (Lipinski definition) is 3. The van der Waals surface area contributed by atoms with Crippen LogP contribution in [0.1, 0.15) is 17.4 Å². The first-order valence-electron chi connectivity index (χ1n) is 6.03. The van der Waals surface area contributed by atoms with Crippen LogP contribution in [0.4, 0.5) is 5.69 Å². The molecule has 1 heterocycles. The lowest BCUT2D eigenvalue weighted by Crippen LogP contribution is -2.25. The van der Waals surface area contributed by atoms with E-state index in [4.69, 9.17) is 11.1 Å². The number of thiophene rings is 1. The second-order valence-corrected chi connectivity index (χ2v) is 6.03. The summed E-state index contributed by atoms with van der Waals surface area (Å²) < 4.78 is 0.863. The molecule has 0 atom stereocenters. The number of nitrogens with two attached hydrogens (primary N) is 1. The minimum atomic E-state index is 0.0899. The Balaban J connectivity index is 2.38. The maximum atomic E-state index is 7.76. The lowest BCUT2D eigenvalue weighted by Gasteiger charge is -2.25. The van der Waals surface area contributed by atoms with Gasteiger partial charge in [-0.15, -0.1) is 11.3 Å². The highest BCUT2D eigenvalue weighted by Gasteiger charge is 2.15. The molecular weight excluding hydrogens is 322 g/mol. The molecule has 0 radical (unpaired) electrons. The van der Waals surface area contributed by atoms with E-state index in [1.165, 1.54) is 4.88 Å².